The molecule has 2 aromatic rings. The van der Waals surface area contributed by atoms with E-state index in [1.54, 1.807) is 7.11 Å². The van der Waals surface area contributed by atoms with Crippen molar-refractivity contribution in [2.24, 2.45) is 0 Å². The van der Waals surface area contributed by atoms with E-state index in [0.717, 1.165) is 10.9 Å². The zero-order valence-electron chi connectivity index (χ0n) is 13.0. The van der Waals surface area contributed by atoms with Gasteiger partial charge >= 0.3 is 5.97 Å². The number of nitrogens with one attached hydrogen (secondary N) is 1. The molecular weight excluding hydrogens is 375 g/mol. The molecule has 134 valence electrons. The second-order valence-electron chi connectivity index (χ2n) is 4.76. The normalized spacial score (nSPS) is 10.5. The zero-order valence-corrected chi connectivity index (χ0v) is 14.5. The number of ether oxygens (including phenoxy) is 2. The molecule has 0 radical (unpaired) electrons. The van der Waals surface area contributed by atoms with E-state index < -0.39 is 11.9 Å². The van der Waals surface area contributed by atoms with Gasteiger partial charge < -0.3 is 19.9 Å². The number of aromatic nitrogens is 3. The Hall–Kier alpha value is -2.36. The van der Waals surface area contributed by atoms with E-state index in [-0.39, 0.29) is 28.9 Å². The summed E-state index contributed by atoms with van der Waals surface area (Å²) in [4.78, 5) is 22.7. The minimum atomic E-state index is -1.23. The van der Waals surface area contributed by atoms with Crippen molar-refractivity contribution in [3.63, 3.8) is 0 Å². The van der Waals surface area contributed by atoms with Gasteiger partial charge in [-0.3, -0.25) is 4.79 Å². The second kappa shape index (κ2) is 8.65. The van der Waals surface area contributed by atoms with Crippen LogP contribution in [0.2, 0.25) is 10.0 Å². The topological polar surface area (TPSA) is 116 Å². The number of amides is 1. The smallest absolute Gasteiger partial charge is 0.358 e. The fourth-order valence-electron chi connectivity index (χ4n) is 1.82. The summed E-state index contributed by atoms with van der Waals surface area (Å²) >= 11 is 12.2. The first-order chi connectivity index (χ1) is 11.9. The van der Waals surface area contributed by atoms with Gasteiger partial charge in [-0.2, -0.15) is 0 Å². The number of carboxylic acids is 1. The van der Waals surface area contributed by atoms with E-state index in [0.29, 0.717) is 18.0 Å². The molecule has 0 spiro atoms. The molecule has 11 heteroatoms. The summed E-state index contributed by atoms with van der Waals surface area (Å²) in [6.45, 7) is 0.433. The van der Waals surface area contributed by atoms with Gasteiger partial charge in [0.2, 0.25) is 5.91 Å². The van der Waals surface area contributed by atoms with Crippen LogP contribution in [-0.2, 0) is 16.1 Å². The van der Waals surface area contributed by atoms with Crippen LogP contribution in [0, 0.1) is 0 Å². The molecule has 1 aromatic carbocycles. The number of anilines is 1. The number of halogens is 2. The predicted octanol–water partition coefficient (Wildman–Crippen LogP) is 1.95. The average Bonchev–Trinajstić information content (AvgIpc) is 2.98. The van der Waals surface area contributed by atoms with E-state index >= 15 is 0 Å². The molecule has 0 aliphatic carbocycles. The lowest BCUT2D eigenvalue weighted by molar-refractivity contribution is -0.116. The maximum atomic E-state index is 12.0. The Morgan fingerprint density at radius 2 is 1.96 bits per heavy atom. The first-order valence-electron chi connectivity index (χ1n) is 6.94. The van der Waals surface area contributed by atoms with Gasteiger partial charge in [-0.05, 0) is 12.1 Å². The van der Waals surface area contributed by atoms with Crippen LogP contribution in [0.5, 0.6) is 5.75 Å². The minimum absolute atomic E-state index is 0.221. The van der Waals surface area contributed by atoms with Gasteiger partial charge in [-0.1, -0.05) is 28.4 Å². The Balaban J connectivity index is 2.01. The number of nitrogens with zero attached hydrogens (tertiary/aromatic N) is 3. The number of carbonyl (C=O) groups is 2. The van der Waals surface area contributed by atoms with Crippen LogP contribution in [0.15, 0.2) is 18.3 Å². The average molecular weight is 389 g/mol. The number of hydrogen-bond acceptors (Lipinski definition) is 6. The first kappa shape index (κ1) is 19.0. The lowest BCUT2D eigenvalue weighted by Gasteiger charge is -2.12. The van der Waals surface area contributed by atoms with Crippen molar-refractivity contribution in [1.82, 2.24) is 15.0 Å². The van der Waals surface area contributed by atoms with Crippen LogP contribution in [0.25, 0.3) is 0 Å². The summed E-state index contributed by atoms with van der Waals surface area (Å²) in [5.41, 5.74) is 0.106. The summed E-state index contributed by atoms with van der Waals surface area (Å²) in [5.74, 6) is -1.39. The maximum Gasteiger partial charge on any atom is 0.358 e. The molecular formula is C14H14Cl2N4O5. The largest absolute Gasteiger partial charge is 0.488 e. The molecule has 0 saturated carbocycles. The van der Waals surface area contributed by atoms with Crippen molar-refractivity contribution in [1.29, 1.82) is 0 Å². The summed E-state index contributed by atoms with van der Waals surface area (Å²) in [5, 5.41) is 18.8. The van der Waals surface area contributed by atoms with Crippen LogP contribution in [0.3, 0.4) is 0 Å². The number of benzene rings is 1. The van der Waals surface area contributed by atoms with Crippen LogP contribution in [0.1, 0.15) is 10.5 Å². The Labute approximate surface area is 152 Å². The molecule has 1 amide bonds. The molecule has 0 aliphatic heterocycles. The highest BCUT2D eigenvalue weighted by molar-refractivity contribution is 6.37. The predicted molar refractivity (Wildman–Crippen MR) is 89.4 cm³/mol. The Bertz CT molecular complexity index is 757. The van der Waals surface area contributed by atoms with Gasteiger partial charge in [0, 0.05) is 12.8 Å². The van der Waals surface area contributed by atoms with Crippen molar-refractivity contribution >= 4 is 40.8 Å². The summed E-state index contributed by atoms with van der Waals surface area (Å²) in [6.07, 6.45) is 1.15. The molecule has 1 aromatic heterocycles. The highest BCUT2D eigenvalue weighted by Crippen LogP contribution is 2.36. The van der Waals surface area contributed by atoms with Gasteiger partial charge in [0.1, 0.15) is 13.2 Å². The Morgan fingerprint density at radius 3 is 2.52 bits per heavy atom. The minimum Gasteiger partial charge on any atom is -0.488 e. The van der Waals surface area contributed by atoms with Gasteiger partial charge in [0.25, 0.3) is 0 Å². The number of rotatable bonds is 8. The number of carbonyl (C=O) groups excluding carboxylic acids is 1. The lowest BCUT2D eigenvalue weighted by atomic mass is 10.3. The number of hydrogen-bond donors (Lipinski definition) is 2. The molecule has 2 rings (SSSR count). The molecule has 0 bridgehead atoms. The third-order valence-corrected chi connectivity index (χ3v) is 3.44. The molecule has 0 fully saturated rings. The summed E-state index contributed by atoms with van der Waals surface area (Å²) < 4.78 is 11.4. The molecule has 1 heterocycles. The van der Waals surface area contributed by atoms with E-state index in [1.807, 2.05) is 0 Å². The highest BCUT2D eigenvalue weighted by Gasteiger charge is 2.13. The number of aromatic carboxylic acids is 1. The van der Waals surface area contributed by atoms with Crippen LogP contribution in [0.4, 0.5) is 5.69 Å². The third kappa shape index (κ3) is 5.31. The third-order valence-electron chi connectivity index (χ3n) is 2.88. The van der Waals surface area contributed by atoms with Gasteiger partial charge in [0.05, 0.1) is 22.8 Å². The summed E-state index contributed by atoms with van der Waals surface area (Å²) in [6, 6.07) is 2.97. The molecule has 0 saturated heterocycles. The van der Waals surface area contributed by atoms with Crippen molar-refractivity contribution in [2.45, 2.75) is 6.54 Å². The van der Waals surface area contributed by atoms with E-state index in [2.05, 4.69) is 15.6 Å². The van der Waals surface area contributed by atoms with Crippen molar-refractivity contribution < 1.29 is 24.2 Å². The molecule has 0 unspecified atom stereocenters. The van der Waals surface area contributed by atoms with Crippen LogP contribution < -0.4 is 10.1 Å². The zero-order chi connectivity index (χ0) is 18.4. The first-order valence-corrected chi connectivity index (χ1v) is 7.70. The van der Waals surface area contributed by atoms with Crippen LogP contribution in [-0.4, -0.2) is 52.3 Å². The van der Waals surface area contributed by atoms with Crippen molar-refractivity contribution in [3.8, 4) is 5.75 Å². The van der Waals surface area contributed by atoms with Crippen molar-refractivity contribution in [2.75, 3.05) is 25.6 Å². The SMILES string of the molecule is COCCOc1c(Cl)cc(NC(=O)Cn2cc(C(=O)O)nn2)cc1Cl. The standard InChI is InChI=1S/C14H14Cl2N4O5/c1-24-2-3-25-13-9(15)4-8(5-10(13)16)17-12(21)7-20-6-11(14(22)23)18-19-20/h4-6H,2-3,7H2,1H3,(H,17,21)(H,22,23). The quantitative estimate of drug-likeness (QED) is 0.663. The Kier molecular flexibility index (Phi) is 6.57. The molecule has 2 N–H and O–H groups in total. The maximum absolute atomic E-state index is 12.0. The van der Waals surface area contributed by atoms with Gasteiger partial charge in [-0.15, -0.1) is 5.10 Å². The van der Waals surface area contributed by atoms with Crippen LogP contribution >= 0.6 is 23.2 Å². The van der Waals surface area contributed by atoms with Gasteiger partial charge in [0.15, 0.2) is 11.4 Å². The summed E-state index contributed by atoms with van der Waals surface area (Å²) in [7, 11) is 1.54. The van der Waals surface area contributed by atoms with Crippen molar-refractivity contribution in [3.05, 3.63) is 34.1 Å². The molecule has 25 heavy (non-hydrogen) atoms. The molecule has 9 nitrogen and oxygen atoms in total. The van der Waals surface area contributed by atoms with E-state index in [4.69, 9.17) is 37.8 Å². The lowest BCUT2D eigenvalue weighted by Crippen LogP contribution is -2.19. The highest BCUT2D eigenvalue weighted by atomic mass is 35.5. The fraction of sp³-hybridized carbons (Fsp3) is 0.286. The van der Waals surface area contributed by atoms with Gasteiger partial charge in [-0.25, -0.2) is 9.48 Å². The number of methoxy groups -OCH3 is 1. The van der Waals surface area contributed by atoms with E-state index in [9.17, 15) is 9.59 Å². The van der Waals surface area contributed by atoms with E-state index in [1.165, 1.54) is 12.1 Å². The number of carboxylic acid groups (broad SMARTS) is 1. The molecule has 0 atom stereocenters. The monoisotopic (exact) mass is 388 g/mol. The fourth-order valence-corrected chi connectivity index (χ4v) is 2.41. The second-order valence-corrected chi connectivity index (χ2v) is 5.58. The molecule has 0 aliphatic rings. The Morgan fingerprint density at radius 1 is 1.28 bits per heavy atom.